The van der Waals surface area contributed by atoms with Crippen molar-refractivity contribution in [3.8, 4) is 0 Å². The maximum absolute atomic E-state index is 12.0. The molecular formula is C17H33N3O2. The lowest BCUT2D eigenvalue weighted by Crippen LogP contribution is -2.46. The zero-order valence-electron chi connectivity index (χ0n) is 14.4. The minimum atomic E-state index is -0.381. The van der Waals surface area contributed by atoms with Crippen LogP contribution in [0.4, 0.5) is 0 Å². The summed E-state index contributed by atoms with van der Waals surface area (Å²) < 4.78 is 0. The molecule has 0 aromatic rings. The van der Waals surface area contributed by atoms with Crippen LogP contribution < -0.4 is 16.4 Å². The highest BCUT2D eigenvalue weighted by molar-refractivity contribution is 5.81. The zero-order chi connectivity index (χ0) is 16.6. The van der Waals surface area contributed by atoms with Gasteiger partial charge < -0.3 is 16.4 Å². The number of rotatable bonds is 7. The van der Waals surface area contributed by atoms with Crippen molar-refractivity contribution >= 4 is 11.8 Å². The Balaban J connectivity index is 2.22. The van der Waals surface area contributed by atoms with Gasteiger partial charge in [0.15, 0.2) is 0 Å². The van der Waals surface area contributed by atoms with E-state index in [1.165, 1.54) is 32.1 Å². The monoisotopic (exact) mass is 311 g/mol. The molecule has 0 aromatic heterocycles. The number of nitrogens with two attached hydrogens (primary N) is 1. The van der Waals surface area contributed by atoms with Gasteiger partial charge in [-0.25, -0.2) is 0 Å². The van der Waals surface area contributed by atoms with Crippen LogP contribution in [0.5, 0.6) is 0 Å². The largest absolute Gasteiger partial charge is 0.356 e. The molecule has 1 atom stereocenters. The lowest BCUT2D eigenvalue weighted by Gasteiger charge is -2.30. The van der Waals surface area contributed by atoms with E-state index in [0.29, 0.717) is 31.8 Å². The quantitative estimate of drug-likeness (QED) is 0.628. The van der Waals surface area contributed by atoms with Crippen LogP contribution in [0.2, 0.25) is 0 Å². The van der Waals surface area contributed by atoms with Crippen LogP contribution in [0.3, 0.4) is 0 Å². The summed E-state index contributed by atoms with van der Waals surface area (Å²) in [7, 11) is 0. The first-order valence-electron chi connectivity index (χ1n) is 8.62. The van der Waals surface area contributed by atoms with E-state index in [4.69, 9.17) is 5.73 Å². The summed E-state index contributed by atoms with van der Waals surface area (Å²) in [5.74, 6) is 0.601. The molecule has 4 N–H and O–H groups in total. The molecule has 0 saturated heterocycles. The number of hydrogen-bond acceptors (Lipinski definition) is 3. The van der Waals surface area contributed by atoms with Gasteiger partial charge >= 0.3 is 0 Å². The maximum atomic E-state index is 12.0. The third-order valence-corrected chi connectivity index (χ3v) is 4.37. The molecule has 0 aliphatic heterocycles. The Labute approximate surface area is 134 Å². The Morgan fingerprint density at radius 1 is 1.18 bits per heavy atom. The van der Waals surface area contributed by atoms with Gasteiger partial charge in [0.25, 0.3) is 0 Å². The average Bonchev–Trinajstić information content (AvgIpc) is 2.48. The molecular weight excluding hydrogens is 278 g/mol. The van der Waals surface area contributed by atoms with Crippen molar-refractivity contribution in [2.75, 3.05) is 13.1 Å². The Hall–Kier alpha value is -1.10. The van der Waals surface area contributed by atoms with E-state index in [-0.39, 0.29) is 23.3 Å². The van der Waals surface area contributed by atoms with Crippen molar-refractivity contribution in [2.24, 2.45) is 17.1 Å². The highest BCUT2D eigenvalue weighted by Gasteiger charge is 2.24. The Kier molecular flexibility index (Phi) is 7.87. The molecule has 22 heavy (non-hydrogen) atoms. The van der Waals surface area contributed by atoms with Crippen molar-refractivity contribution < 1.29 is 9.59 Å². The number of hydrogen-bond donors (Lipinski definition) is 3. The topological polar surface area (TPSA) is 84.2 Å². The van der Waals surface area contributed by atoms with Crippen molar-refractivity contribution in [3.63, 3.8) is 0 Å². The number of carbonyl (C=O) groups is 2. The van der Waals surface area contributed by atoms with Gasteiger partial charge in [-0.1, -0.05) is 40.0 Å². The van der Waals surface area contributed by atoms with E-state index in [9.17, 15) is 9.59 Å². The first-order chi connectivity index (χ1) is 10.3. The molecule has 1 unspecified atom stereocenters. The lowest BCUT2D eigenvalue weighted by molar-refractivity contribution is -0.128. The average molecular weight is 311 g/mol. The molecule has 0 aromatic carbocycles. The number of nitrogens with one attached hydrogen (secondary N) is 2. The fraction of sp³-hybridized carbons (Fsp3) is 0.882. The highest BCUT2D eigenvalue weighted by atomic mass is 16.2. The van der Waals surface area contributed by atoms with Crippen LogP contribution in [0, 0.1) is 11.3 Å². The molecule has 1 fully saturated rings. The van der Waals surface area contributed by atoms with Crippen LogP contribution in [0.15, 0.2) is 0 Å². The van der Waals surface area contributed by atoms with Crippen LogP contribution in [-0.2, 0) is 9.59 Å². The van der Waals surface area contributed by atoms with Gasteiger partial charge in [0.2, 0.25) is 11.8 Å². The molecule has 1 saturated carbocycles. The lowest BCUT2D eigenvalue weighted by atomic mass is 9.84. The van der Waals surface area contributed by atoms with Crippen molar-refractivity contribution in [3.05, 3.63) is 0 Å². The maximum Gasteiger partial charge on any atom is 0.225 e. The minimum Gasteiger partial charge on any atom is -0.356 e. The van der Waals surface area contributed by atoms with Gasteiger partial charge in [-0.3, -0.25) is 9.59 Å². The number of carbonyl (C=O) groups excluding carboxylic acids is 2. The van der Waals surface area contributed by atoms with Crippen molar-refractivity contribution in [1.82, 2.24) is 10.6 Å². The third kappa shape index (κ3) is 6.77. The fourth-order valence-corrected chi connectivity index (χ4v) is 2.90. The van der Waals surface area contributed by atoms with E-state index >= 15 is 0 Å². The normalized spacial score (nSPS) is 17.8. The number of amides is 2. The molecule has 0 heterocycles. The van der Waals surface area contributed by atoms with Crippen LogP contribution in [0.1, 0.15) is 65.7 Å². The van der Waals surface area contributed by atoms with Crippen LogP contribution in [0.25, 0.3) is 0 Å². The second kappa shape index (κ2) is 9.13. The van der Waals surface area contributed by atoms with E-state index in [0.717, 1.165) is 0 Å². The second-order valence-corrected chi connectivity index (χ2v) is 7.42. The standard InChI is InChI=1S/C17H33N3O2/c1-17(2,3)16(22)19-11-7-10-15(21)20-14(12-18)13-8-5-4-6-9-13/h13-14H,4-12,18H2,1-3H3,(H,19,22)(H,20,21). The first kappa shape index (κ1) is 18.9. The molecule has 2 amide bonds. The molecule has 5 nitrogen and oxygen atoms in total. The van der Waals surface area contributed by atoms with Crippen LogP contribution in [-0.4, -0.2) is 30.9 Å². The van der Waals surface area contributed by atoms with Crippen molar-refractivity contribution in [2.45, 2.75) is 71.8 Å². The van der Waals surface area contributed by atoms with Gasteiger partial charge in [-0.05, 0) is 25.2 Å². The van der Waals surface area contributed by atoms with E-state index in [2.05, 4.69) is 10.6 Å². The van der Waals surface area contributed by atoms with Gasteiger partial charge in [0.05, 0.1) is 0 Å². The molecule has 128 valence electrons. The zero-order valence-corrected chi connectivity index (χ0v) is 14.4. The highest BCUT2D eigenvalue weighted by Crippen LogP contribution is 2.26. The molecule has 0 radical (unpaired) electrons. The van der Waals surface area contributed by atoms with E-state index in [1.807, 2.05) is 20.8 Å². The smallest absolute Gasteiger partial charge is 0.225 e. The van der Waals surface area contributed by atoms with Gasteiger partial charge in [-0.2, -0.15) is 0 Å². The summed E-state index contributed by atoms with van der Waals surface area (Å²) in [6.45, 7) is 6.69. The van der Waals surface area contributed by atoms with Gasteiger partial charge in [0, 0.05) is 31.0 Å². The summed E-state index contributed by atoms with van der Waals surface area (Å²) in [6, 6.07) is 0.108. The van der Waals surface area contributed by atoms with Gasteiger partial charge in [0.1, 0.15) is 0 Å². The van der Waals surface area contributed by atoms with E-state index in [1.54, 1.807) is 0 Å². The molecule has 0 spiro atoms. The summed E-state index contributed by atoms with van der Waals surface area (Å²) in [5, 5.41) is 5.94. The molecule has 1 aliphatic rings. The predicted octanol–water partition coefficient (Wildman–Crippen LogP) is 1.95. The van der Waals surface area contributed by atoms with Gasteiger partial charge in [-0.15, -0.1) is 0 Å². The molecule has 1 rings (SSSR count). The molecule has 5 heteroatoms. The predicted molar refractivity (Wildman–Crippen MR) is 89.3 cm³/mol. The second-order valence-electron chi connectivity index (χ2n) is 7.42. The van der Waals surface area contributed by atoms with E-state index < -0.39 is 0 Å². The van der Waals surface area contributed by atoms with Crippen LogP contribution >= 0.6 is 0 Å². The molecule has 1 aliphatic carbocycles. The SMILES string of the molecule is CC(C)(C)C(=O)NCCCC(=O)NC(CN)C1CCCCC1. The minimum absolute atomic E-state index is 0.0231. The Bertz CT molecular complexity index is 357. The summed E-state index contributed by atoms with van der Waals surface area (Å²) >= 11 is 0. The third-order valence-electron chi connectivity index (χ3n) is 4.37. The Morgan fingerprint density at radius 2 is 1.82 bits per heavy atom. The molecule has 0 bridgehead atoms. The Morgan fingerprint density at radius 3 is 2.36 bits per heavy atom. The van der Waals surface area contributed by atoms with Crippen molar-refractivity contribution in [1.29, 1.82) is 0 Å². The first-order valence-corrected chi connectivity index (χ1v) is 8.62. The fourth-order valence-electron chi connectivity index (χ4n) is 2.90. The summed E-state index contributed by atoms with van der Waals surface area (Å²) in [5.41, 5.74) is 5.44. The summed E-state index contributed by atoms with van der Waals surface area (Å²) in [6.07, 6.45) is 7.23. The summed E-state index contributed by atoms with van der Waals surface area (Å²) in [4.78, 5) is 23.7.